The van der Waals surface area contributed by atoms with Gasteiger partial charge in [0.15, 0.2) is 0 Å². The molecule has 0 bridgehead atoms. The van der Waals surface area contributed by atoms with Gasteiger partial charge in [0.25, 0.3) is 5.91 Å². The minimum atomic E-state index is -0.0463. The van der Waals surface area contributed by atoms with Gasteiger partial charge in [-0.15, -0.1) is 5.10 Å². The second-order valence-electron chi connectivity index (χ2n) is 5.71. The van der Waals surface area contributed by atoms with Gasteiger partial charge in [0, 0.05) is 12.6 Å². The Morgan fingerprint density at radius 3 is 3.05 bits per heavy atom. The highest BCUT2D eigenvalue weighted by atomic mass is 32.1. The molecule has 1 unspecified atom stereocenters. The Morgan fingerprint density at radius 2 is 2.37 bits per heavy atom. The van der Waals surface area contributed by atoms with Crippen molar-refractivity contribution in [2.75, 3.05) is 13.1 Å². The number of carbonyl (C=O) groups is 1. The Hall–Kier alpha value is -1.01. The van der Waals surface area contributed by atoms with Gasteiger partial charge in [-0.2, -0.15) is 0 Å². The summed E-state index contributed by atoms with van der Waals surface area (Å²) in [6, 6.07) is 0.330. The Morgan fingerprint density at radius 1 is 1.58 bits per heavy atom. The largest absolute Gasteiger partial charge is 0.350 e. The van der Waals surface area contributed by atoms with Crippen molar-refractivity contribution in [1.29, 1.82) is 0 Å². The van der Waals surface area contributed by atoms with Crippen LogP contribution < -0.4 is 10.6 Å². The van der Waals surface area contributed by atoms with Gasteiger partial charge in [-0.05, 0) is 42.8 Å². The molecule has 1 aromatic rings. The third kappa shape index (κ3) is 3.30. The van der Waals surface area contributed by atoms with Gasteiger partial charge < -0.3 is 10.6 Å². The van der Waals surface area contributed by atoms with Crippen molar-refractivity contribution < 1.29 is 4.79 Å². The van der Waals surface area contributed by atoms with Crippen LogP contribution in [-0.2, 0) is 6.42 Å². The molecule has 2 N–H and O–H groups in total. The fourth-order valence-electron chi connectivity index (χ4n) is 2.51. The summed E-state index contributed by atoms with van der Waals surface area (Å²) in [6.07, 6.45) is 3.14. The highest BCUT2D eigenvalue weighted by Crippen LogP contribution is 2.29. The molecule has 5 nitrogen and oxygen atoms in total. The van der Waals surface area contributed by atoms with Crippen molar-refractivity contribution in [3.63, 3.8) is 0 Å². The monoisotopic (exact) mass is 282 g/mol. The molecule has 1 amide bonds. The maximum atomic E-state index is 12.1. The SMILES string of the molecule is CCc1nnsc1C(=O)NCC1NCCCC1(C)C. The summed E-state index contributed by atoms with van der Waals surface area (Å²) in [5, 5.41) is 10.5. The molecule has 1 aliphatic rings. The van der Waals surface area contributed by atoms with Crippen molar-refractivity contribution in [3.8, 4) is 0 Å². The normalized spacial score (nSPS) is 22.2. The first-order valence-electron chi connectivity index (χ1n) is 6.87. The minimum Gasteiger partial charge on any atom is -0.350 e. The summed E-state index contributed by atoms with van der Waals surface area (Å²) in [6.45, 7) is 8.18. The maximum Gasteiger partial charge on any atom is 0.265 e. The predicted octanol–water partition coefficient (Wildman–Crippen LogP) is 1.61. The number of nitrogens with zero attached hydrogens (tertiary/aromatic N) is 2. The molecule has 0 aliphatic carbocycles. The lowest BCUT2D eigenvalue weighted by atomic mass is 9.77. The average Bonchev–Trinajstić information content (AvgIpc) is 2.85. The third-order valence-electron chi connectivity index (χ3n) is 3.90. The molecule has 0 aromatic carbocycles. The Bertz CT molecular complexity index is 444. The number of hydrogen-bond donors (Lipinski definition) is 2. The maximum absolute atomic E-state index is 12.1. The predicted molar refractivity (Wildman–Crippen MR) is 76.4 cm³/mol. The molecule has 6 heteroatoms. The molecule has 1 atom stereocenters. The smallest absolute Gasteiger partial charge is 0.265 e. The zero-order valence-electron chi connectivity index (χ0n) is 11.8. The lowest BCUT2D eigenvalue weighted by Crippen LogP contribution is -2.52. The van der Waals surface area contributed by atoms with E-state index >= 15 is 0 Å². The summed E-state index contributed by atoms with van der Waals surface area (Å²) in [5.74, 6) is -0.0463. The van der Waals surface area contributed by atoms with E-state index in [0.29, 0.717) is 17.5 Å². The van der Waals surface area contributed by atoms with Crippen LogP contribution in [0.15, 0.2) is 0 Å². The molecule has 2 rings (SSSR count). The van der Waals surface area contributed by atoms with Gasteiger partial charge >= 0.3 is 0 Å². The van der Waals surface area contributed by atoms with Crippen LogP contribution in [0.5, 0.6) is 0 Å². The van der Waals surface area contributed by atoms with Crippen LogP contribution in [0.3, 0.4) is 0 Å². The lowest BCUT2D eigenvalue weighted by molar-refractivity contribution is 0.0932. The Kier molecular flexibility index (Phi) is 4.52. The van der Waals surface area contributed by atoms with E-state index < -0.39 is 0 Å². The van der Waals surface area contributed by atoms with Gasteiger partial charge in [0.2, 0.25) is 0 Å². The highest BCUT2D eigenvalue weighted by Gasteiger charge is 2.32. The van der Waals surface area contributed by atoms with Gasteiger partial charge in [-0.25, -0.2) is 0 Å². The number of piperidine rings is 1. The molecule has 0 spiro atoms. The van der Waals surface area contributed by atoms with E-state index in [1.807, 2.05) is 6.92 Å². The highest BCUT2D eigenvalue weighted by molar-refractivity contribution is 7.08. The topological polar surface area (TPSA) is 66.9 Å². The number of aryl methyl sites for hydroxylation is 1. The molecule has 2 heterocycles. The van der Waals surface area contributed by atoms with Crippen LogP contribution >= 0.6 is 11.5 Å². The molecule has 1 aliphatic heterocycles. The van der Waals surface area contributed by atoms with E-state index in [1.54, 1.807) is 0 Å². The summed E-state index contributed by atoms with van der Waals surface area (Å²) < 4.78 is 3.85. The molecule has 19 heavy (non-hydrogen) atoms. The van der Waals surface area contributed by atoms with E-state index in [2.05, 4.69) is 34.1 Å². The average molecular weight is 282 g/mol. The number of aromatic nitrogens is 2. The van der Waals surface area contributed by atoms with Gasteiger partial charge in [0.05, 0.1) is 5.69 Å². The zero-order valence-corrected chi connectivity index (χ0v) is 12.6. The first kappa shape index (κ1) is 14.4. The van der Waals surface area contributed by atoms with Gasteiger partial charge in [0.1, 0.15) is 4.88 Å². The van der Waals surface area contributed by atoms with E-state index in [4.69, 9.17) is 0 Å². The van der Waals surface area contributed by atoms with E-state index in [1.165, 1.54) is 24.4 Å². The first-order valence-corrected chi connectivity index (χ1v) is 7.64. The lowest BCUT2D eigenvalue weighted by Gasteiger charge is -2.39. The van der Waals surface area contributed by atoms with Crippen molar-refractivity contribution in [2.24, 2.45) is 5.41 Å². The third-order valence-corrected chi connectivity index (χ3v) is 4.66. The zero-order chi connectivity index (χ0) is 13.9. The molecular formula is C13H22N4OS. The summed E-state index contributed by atoms with van der Waals surface area (Å²) in [4.78, 5) is 12.8. The second kappa shape index (κ2) is 5.96. The van der Waals surface area contributed by atoms with Crippen LogP contribution in [0, 0.1) is 5.41 Å². The number of nitrogens with one attached hydrogen (secondary N) is 2. The van der Waals surface area contributed by atoms with Crippen LogP contribution in [0.25, 0.3) is 0 Å². The van der Waals surface area contributed by atoms with Gasteiger partial charge in [-0.1, -0.05) is 25.3 Å². The Balaban J connectivity index is 1.93. The number of hydrogen-bond acceptors (Lipinski definition) is 5. The number of amides is 1. The van der Waals surface area contributed by atoms with Crippen LogP contribution in [-0.4, -0.2) is 34.6 Å². The molecule has 0 saturated carbocycles. The summed E-state index contributed by atoms with van der Waals surface area (Å²) in [5.41, 5.74) is 1.02. The van der Waals surface area contributed by atoms with Gasteiger partial charge in [-0.3, -0.25) is 4.79 Å². The van der Waals surface area contributed by atoms with Crippen LogP contribution in [0.4, 0.5) is 0 Å². The summed E-state index contributed by atoms with van der Waals surface area (Å²) >= 11 is 1.18. The van der Waals surface area contributed by atoms with Crippen molar-refractivity contribution >= 4 is 17.4 Å². The van der Waals surface area contributed by atoms with Crippen LogP contribution in [0.2, 0.25) is 0 Å². The molecule has 1 aromatic heterocycles. The minimum absolute atomic E-state index is 0.0463. The van der Waals surface area contributed by atoms with Crippen molar-refractivity contribution in [3.05, 3.63) is 10.6 Å². The van der Waals surface area contributed by atoms with Crippen LogP contribution in [0.1, 0.15) is 49.0 Å². The standard InChI is InChI=1S/C13H22N4OS/c1-4-9-11(19-17-16-9)12(18)15-8-10-13(2,3)6-5-7-14-10/h10,14H,4-8H2,1-3H3,(H,15,18). The molecule has 106 valence electrons. The van der Waals surface area contributed by atoms with E-state index in [-0.39, 0.29) is 11.3 Å². The number of carbonyl (C=O) groups excluding carboxylic acids is 1. The fraction of sp³-hybridized carbons (Fsp3) is 0.769. The fourth-order valence-corrected chi connectivity index (χ4v) is 3.17. The molecule has 1 fully saturated rings. The summed E-state index contributed by atoms with van der Waals surface area (Å²) in [7, 11) is 0. The molecule has 1 saturated heterocycles. The van der Waals surface area contributed by atoms with Crippen molar-refractivity contribution in [2.45, 2.75) is 46.1 Å². The molecular weight excluding hydrogens is 260 g/mol. The first-order chi connectivity index (χ1) is 9.04. The Labute approximate surface area is 118 Å². The molecule has 0 radical (unpaired) electrons. The quantitative estimate of drug-likeness (QED) is 0.880. The second-order valence-corrected chi connectivity index (χ2v) is 6.47. The van der Waals surface area contributed by atoms with E-state index in [0.717, 1.165) is 18.7 Å². The van der Waals surface area contributed by atoms with E-state index in [9.17, 15) is 4.79 Å². The number of rotatable bonds is 4. The van der Waals surface area contributed by atoms with Crippen molar-refractivity contribution in [1.82, 2.24) is 20.2 Å².